The number of benzene rings is 2. The molecular weight excluding hydrogens is 416 g/mol. The fraction of sp³-hybridized carbons (Fsp3) is 0.435. The highest BCUT2D eigenvalue weighted by atomic mass is 32.2. The van der Waals surface area contributed by atoms with Crippen LogP contribution >= 0.6 is 0 Å². The third kappa shape index (κ3) is 5.12. The lowest BCUT2D eigenvalue weighted by atomic mass is 9.89. The van der Waals surface area contributed by atoms with E-state index in [2.05, 4.69) is 5.32 Å². The van der Waals surface area contributed by atoms with Crippen LogP contribution in [0, 0.1) is 0 Å². The van der Waals surface area contributed by atoms with E-state index in [0.29, 0.717) is 24.3 Å². The molecule has 2 atom stereocenters. The number of amides is 1. The first kappa shape index (κ1) is 22.9. The second kappa shape index (κ2) is 8.78. The second-order valence-electron chi connectivity index (χ2n) is 8.35. The van der Waals surface area contributed by atoms with Crippen LogP contribution in [-0.4, -0.2) is 39.3 Å². The number of methoxy groups -OCH3 is 1. The smallest absolute Gasteiger partial charge is 0.244 e. The van der Waals surface area contributed by atoms with Crippen LogP contribution in [0.25, 0.3) is 0 Å². The molecule has 1 heterocycles. The van der Waals surface area contributed by atoms with Gasteiger partial charge in [-0.15, -0.1) is 0 Å². The third-order valence-electron chi connectivity index (χ3n) is 5.35. The van der Waals surface area contributed by atoms with E-state index < -0.39 is 21.7 Å². The summed E-state index contributed by atoms with van der Waals surface area (Å²) in [6, 6.07) is 13.1. The summed E-state index contributed by atoms with van der Waals surface area (Å²) in [6.07, 6.45) is 2.01. The molecule has 0 spiro atoms. The van der Waals surface area contributed by atoms with Crippen molar-refractivity contribution in [2.24, 2.45) is 0 Å². The van der Waals surface area contributed by atoms with Crippen LogP contribution < -0.4 is 19.1 Å². The molecule has 168 valence electrons. The molecule has 1 N–H and O–H groups in total. The van der Waals surface area contributed by atoms with E-state index in [9.17, 15) is 13.2 Å². The Hall–Kier alpha value is -2.74. The molecule has 2 aromatic rings. The van der Waals surface area contributed by atoms with E-state index in [1.807, 2.05) is 38.1 Å². The average molecular weight is 447 g/mol. The van der Waals surface area contributed by atoms with Gasteiger partial charge in [-0.05, 0) is 50.6 Å². The van der Waals surface area contributed by atoms with Gasteiger partial charge in [0.1, 0.15) is 23.1 Å². The number of ether oxygens (including phenoxy) is 2. The molecule has 0 radical (unpaired) electrons. The van der Waals surface area contributed by atoms with Gasteiger partial charge in [0.15, 0.2) is 0 Å². The fourth-order valence-electron chi connectivity index (χ4n) is 3.99. The van der Waals surface area contributed by atoms with Crippen molar-refractivity contribution in [3.8, 4) is 11.5 Å². The summed E-state index contributed by atoms with van der Waals surface area (Å²) in [7, 11) is -2.17. The molecule has 8 heteroatoms. The first-order valence-electron chi connectivity index (χ1n) is 10.3. The summed E-state index contributed by atoms with van der Waals surface area (Å²) in [4.78, 5) is 13.4. The number of carbonyl (C=O) groups is 1. The standard InChI is InChI=1S/C23H30N2O5S/c1-6-20(25(31(5,27)28)16-11-13-17(29-4)14-12-16)22(26)24-19-15-23(2,3)30-21-10-8-7-9-18(19)21/h7-14,19-20H,6,15H2,1-5H3,(H,24,26)/t19-,20-/m1/s1. The fourth-order valence-corrected chi connectivity index (χ4v) is 5.20. The maximum atomic E-state index is 13.4. The summed E-state index contributed by atoms with van der Waals surface area (Å²) in [5.41, 5.74) is 0.846. The molecule has 2 aromatic carbocycles. The molecule has 1 aliphatic heterocycles. The van der Waals surface area contributed by atoms with Gasteiger partial charge in [-0.3, -0.25) is 9.10 Å². The van der Waals surface area contributed by atoms with Crippen molar-refractivity contribution < 1.29 is 22.7 Å². The zero-order valence-corrected chi connectivity index (χ0v) is 19.4. The van der Waals surface area contributed by atoms with Crippen molar-refractivity contribution in [2.75, 3.05) is 17.7 Å². The first-order chi connectivity index (χ1) is 14.6. The SMILES string of the molecule is CC[C@H](C(=O)N[C@@H]1CC(C)(C)Oc2ccccc21)N(c1ccc(OC)cc1)S(C)(=O)=O. The van der Waals surface area contributed by atoms with Gasteiger partial charge in [-0.25, -0.2) is 8.42 Å². The normalized spacial score (nSPS) is 18.3. The van der Waals surface area contributed by atoms with Crippen molar-refractivity contribution in [3.05, 3.63) is 54.1 Å². The van der Waals surface area contributed by atoms with E-state index in [1.165, 1.54) is 4.31 Å². The molecule has 31 heavy (non-hydrogen) atoms. The van der Waals surface area contributed by atoms with Gasteiger partial charge in [0.05, 0.1) is 25.1 Å². The van der Waals surface area contributed by atoms with Gasteiger partial charge in [0, 0.05) is 12.0 Å². The van der Waals surface area contributed by atoms with Crippen LogP contribution in [0.4, 0.5) is 5.69 Å². The largest absolute Gasteiger partial charge is 0.497 e. The zero-order valence-electron chi connectivity index (χ0n) is 18.6. The minimum Gasteiger partial charge on any atom is -0.497 e. The Morgan fingerprint density at radius 1 is 1.23 bits per heavy atom. The zero-order chi connectivity index (χ0) is 22.8. The van der Waals surface area contributed by atoms with Crippen LogP contribution in [0.2, 0.25) is 0 Å². The predicted molar refractivity (Wildman–Crippen MR) is 121 cm³/mol. The lowest BCUT2D eigenvalue weighted by Gasteiger charge is -2.39. The van der Waals surface area contributed by atoms with Crippen molar-refractivity contribution in [1.29, 1.82) is 0 Å². The minimum atomic E-state index is -3.71. The summed E-state index contributed by atoms with van der Waals surface area (Å²) < 4.78 is 37.7. The van der Waals surface area contributed by atoms with E-state index in [4.69, 9.17) is 9.47 Å². The van der Waals surface area contributed by atoms with Crippen LogP contribution in [-0.2, 0) is 14.8 Å². The van der Waals surface area contributed by atoms with Gasteiger partial charge >= 0.3 is 0 Å². The second-order valence-corrected chi connectivity index (χ2v) is 10.2. The molecule has 0 saturated heterocycles. The topological polar surface area (TPSA) is 84.9 Å². The summed E-state index contributed by atoms with van der Waals surface area (Å²) in [5.74, 6) is 0.990. The highest BCUT2D eigenvalue weighted by Gasteiger charge is 2.37. The highest BCUT2D eigenvalue weighted by Crippen LogP contribution is 2.39. The van der Waals surface area contributed by atoms with Crippen molar-refractivity contribution in [1.82, 2.24) is 5.32 Å². The van der Waals surface area contributed by atoms with E-state index in [-0.39, 0.29) is 11.9 Å². The first-order valence-corrected chi connectivity index (χ1v) is 12.1. The lowest BCUT2D eigenvalue weighted by molar-refractivity contribution is -0.123. The summed E-state index contributed by atoms with van der Waals surface area (Å²) in [6.45, 7) is 5.74. The third-order valence-corrected chi connectivity index (χ3v) is 6.53. The molecule has 0 fully saturated rings. The molecule has 0 bridgehead atoms. The van der Waals surface area contributed by atoms with Crippen LogP contribution in [0.15, 0.2) is 48.5 Å². The number of fused-ring (bicyclic) bond motifs is 1. The molecule has 0 saturated carbocycles. The Kier molecular flexibility index (Phi) is 6.50. The average Bonchev–Trinajstić information content (AvgIpc) is 2.70. The van der Waals surface area contributed by atoms with Gasteiger partial charge < -0.3 is 14.8 Å². The Morgan fingerprint density at radius 2 is 1.87 bits per heavy atom. The lowest BCUT2D eigenvalue weighted by Crippen LogP contribution is -2.51. The monoisotopic (exact) mass is 446 g/mol. The molecule has 1 amide bonds. The number of nitrogens with one attached hydrogen (secondary N) is 1. The quantitative estimate of drug-likeness (QED) is 0.702. The number of anilines is 1. The van der Waals surface area contributed by atoms with Gasteiger partial charge in [-0.1, -0.05) is 25.1 Å². The van der Waals surface area contributed by atoms with Gasteiger partial charge in [0.25, 0.3) is 0 Å². The van der Waals surface area contributed by atoms with Crippen molar-refractivity contribution in [2.45, 2.75) is 51.3 Å². The number of sulfonamides is 1. The predicted octanol–water partition coefficient (Wildman–Crippen LogP) is 3.66. The minimum absolute atomic E-state index is 0.279. The van der Waals surface area contributed by atoms with Crippen molar-refractivity contribution in [3.63, 3.8) is 0 Å². The Balaban J connectivity index is 1.92. The molecule has 0 aromatic heterocycles. The number of carbonyl (C=O) groups excluding carboxylic acids is 1. The summed E-state index contributed by atoms with van der Waals surface area (Å²) >= 11 is 0. The van der Waals surface area contributed by atoms with Gasteiger partial charge in [-0.2, -0.15) is 0 Å². The van der Waals surface area contributed by atoms with E-state index >= 15 is 0 Å². The number of para-hydroxylation sites is 1. The molecule has 0 unspecified atom stereocenters. The van der Waals surface area contributed by atoms with Crippen LogP contribution in [0.3, 0.4) is 0 Å². The number of rotatable bonds is 7. The number of hydrogen-bond acceptors (Lipinski definition) is 5. The van der Waals surface area contributed by atoms with E-state index in [1.54, 1.807) is 38.3 Å². The summed E-state index contributed by atoms with van der Waals surface area (Å²) in [5, 5.41) is 3.08. The molecule has 0 aliphatic carbocycles. The number of nitrogens with zero attached hydrogens (tertiary/aromatic N) is 1. The molecular formula is C23H30N2O5S. The van der Waals surface area contributed by atoms with Gasteiger partial charge in [0.2, 0.25) is 15.9 Å². The number of hydrogen-bond donors (Lipinski definition) is 1. The van der Waals surface area contributed by atoms with E-state index in [0.717, 1.165) is 17.6 Å². The molecule has 7 nitrogen and oxygen atoms in total. The Labute approximate surface area is 184 Å². The van der Waals surface area contributed by atoms with Crippen molar-refractivity contribution >= 4 is 21.6 Å². The Morgan fingerprint density at radius 3 is 2.45 bits per heavy atom. The van der Waals surface area contributed by atoms with Crippen LogP contribution in [0.1, 0.15) is 45.2 Å². The highest BCUT2D eigenvalue weighted by molar-refractivity contribution is 7.92. The molecule has 1 aliphatic rings. The maximum Gasteiger partial charge on any atom is 0.244 e. The maximum absolute atomic E-state index is 13.4. The van der Waals surface area contributed by atoms with Crippen LogP contribution in [0.5, 0.6) is 11.5 Å². The molecule has 3 rings (SSSR count). The Bertz CT molecular complexity index is 1030.